The fourth-order valence-electron chi connectivity index (χ4n) is 3.68. The Morgan fingerprint density at radius 1 is 0.897 bits per heavy atom. The number of nitrogens with one attached hydrogen (secondary N) is 1. The minimum atomic E-state index is -0.211. The van der Waals surface area contributed by atoms with E-state index < -0.39 is 0 Å². The van der Waals surface area contributed by atoms with Gasteiger partial charge in [0.2, 0.25) is 0 Å². The summed E-state index contributed by atoms with van der Waals surface area (Å²) in [5.74, 6) is 1.63. The van der Waals surface area contributed by atoms with Crippen LogP contribution in [0.25, 0.3) is 0 Å². The highest BCUT2D eigenvalue weighted by atomic mass is 16.5. The summed E-state index contributed by atoms with van der Waals surface area (Å²) in [6.07, 6.45) is 0.439. The Morgan fingerprint density at radius 3 is 2.34 bits per heavy atom. The maximum atomic E-state index is 10.4. The van der Waals surface area contributed by atoms with Crippen LogP contribution in [0.5, 0.6) is 17.2 Å². The third kappa shape index (κ3) is 3.96. The highest BCUT2D eigenvalue weighted by Crippen LogP contribution is 2.36. The first kappa shape index (κ1) is 19.0. The summed E-state index contributed by atoms with van der Waals surface area (Å²) >= 11 is 0. The number of nitrogens with zero attached hydrogens (tertiary/aromatic N) is 1. The molecular weight excluding hydrogens is 364 g/mol. The highest BCUT2D eigenvalue weighted by Gasteiger charge is 2.27. The zero-order valence-electron chi connectivity index (χ0n) is 16.5. The predicted octanol–water partition coefficient (Wildman–Crippen LogP) is 4.63. The lowest BCUT2D eigenvalue weighted by Gasteiger charge is -2.31. The van der Waals surface area contributed by atoms with Crippen molar-refractivity contribution in [1.29, 1.82) is 0 Å². The molecule has 148 valence electrons. The van der Waals surface area contributed by atoms with E-state index in [1.54, 1.807) is 20.3 Å². The lowest BCUT2D eigenvalue weighted by Crippen LogP contribution is -2.33. The average Bonchev–Trinajstić information content (AvgIpc) is 2.79. The molecule has 5 nitrogen and oxygen atoms in total. The van der Waals surface area contributed by atoms with Gasteiger partial charge >= 0.3 is 0 Å². The van der Waals surface area contributed by atoms with Gasteiger partial charge in [-0.3, -0.25) is 10.3 Å². The molecule has 29 heavy (non-hydrogen) atoms. The van der Waals surface area contributed by atoms with Crippen LogP contribution < -0.4 is 14.8 Å². The molecule has 1 aliphatic rings. The molecule has 0 aromatic heterocycles. The van der Waals surface area contributed by atoms with Gasteiger partial charge in [-0.1, -0.05) is 48.5 Å². The van der Waals surface area contributed by atoms with Crippen molar-refractivity contribution in [3.8, 4) is 17.2 Å². The topological polar surface area (TPSA) is 63.1 Å². The van der Waals surface area contributed by atoms with Crippen molar-refractivity contribution < 1.29 is 14.6 Å². The number of benzene rings is 3. The van der Waals surface area contributed by atoms with Crippen LogP contribution in [0.3, 0.4) is 0 Å². The van der Waals surface area contributed by atoms with Gasteiger partial charge in [0.1, 0.15) is 11.9 Å². The van der Waals surface area contributed by atoms with E-state index in [0.717, 1.165) is 22.4 Å². The minimum Gasteiger partial charge on any atom is -0.508 e. The number of hydrogen-bond acceptors (Lipinski definition) is 5. The van der Waals surface area contributed by atoms with Gasteiger partial charge in [0.15, 0.2) is 11.5 Å². The van der Waals surface area contributed by atoms with Gasteiger partial charge in [0.25, 0.3) is 0 Å². The zero-order chi connectivity index (χ0) is 20.2. The summed E-state index contributed by atoms with van der Waals surface area (Å²) < 4.78 is 10.8. The SMILES string of the molecule is COc1ccc(C2=NC(c3ccccc3)NC(c3ccccc3O)C2)cc1OC. The van der Waals surface area contributed by atoms with E-state index in [9.17, 15) is 5.11 Å². The number of methoxy groups -OCH3 is 2. The number of aliphatic imine (C=N–C) groups is 1. The van der Waals surface area contributed by atoms with E-state index in [-0.39, 0.29) is 18.0 Å². The molecule has 5 heteroatoms. The van der Waals surface area contributed by atoms with Gasteiger partial charge in [-0.2, -0.15) is 0 Å². The molecule has 1 heterocycles. The molecule has 0 spiro atoms. The van der Waals surface area contributed by atoms with E-state index in [1.165, 1.54) is 0 Å². The number of phenols is 1. The fraction of sp³-hybridized carbons (Fsp3) is 0.208. The Labute approximate surface area is 170 Å². The standard InChI is InChI=1S/C24H24N2O3/c1-28-22-13-12-17(14-23(22)29-2)19-15-20(18-10-6-7-11-21(18)27)26-24(25-19)16-8-4-3-5-9-16/h3-14,20,24,26-27H,15H2,1-2H3. The molecule has 1 aliphatic heterocycles. The van der Waals surface area contributed by atoms with Crippen molar-refractivity contribution in [3.63, 3.8) is 0 Å². The Morgan fingerprint density at radius 2 is 1.62 bits per heavy atom. The van der Waals surface area contributed by atoms with Crippen LogP contribution in [0.15, 0.2) is 77.8 Å². The largest absolute Gasteiger partial charge is 0.508 e. The first-order valence-electron chi connectivity index (χ1n) is 9.57. The molecule has 4 rings (SSSR count). The number of phenolic OH excluding ortho intramolecular Hbond substituents is 1. The van der Waals surface area contributed by atoms with E-state index >= 15 is 0 Å². The third-order valence-corrected chi connectivity index (χ3v) is 5.19. The van der Waals surface area contributed by atoms with Crippen LogP contribution in [0.1, 0.15) is 35.3 Å². The molecular formula is C24H24N2O3. The van der Waals surface area contributed by atoms with Gasteiger partial charge < -0.3 is 14.6 Å². The summed E-state index contributed by atoms with van der Waals surface area (Å²) in [5, 5.41) is 14.0. The Hall–Kier alpha value is -3.31. The van der Waals surface area contributed by atoms with E-state index in [0.29, 0.717) is 17.9 Å². The normalized spacial score (nSPS) is 18.8. The Bertz CT molecular complexity index is 1020. The molecule has 2 unspecified atom stereocenters. The molecule has 2 N–H and O–H groups in total. The van der Waals surface area contributed by atoms with Crippen molar-refractivity contribution in [1.82, 2.24) is 5.32 Å². The lowest BCUT2D eigenvalue weighted by atomic mass is 9.93. The van der Waals surface area contributed by atoms with Crippen molar-refractivity contribution in [2.24, 2.45) is 4.99 Å². The predicted molar refractivity (Wildman–Crippen MR) is 114 cm³/mol. The van der Waals surface area contributed by atoms with Crippen LogP contribution in [0.4, 0.5) is 0 Å². The maximum absolute atomic E-state index is 10.4. The van der Waals surface area contributed by atoms with Crippen LogP contribution in [0, 0.1) is 0 Å². The van der Waals surface area contributed by atoms with Gasteiger partial charge in [-0.25, -0.2) is 0 Å². The zero-order valence-corrected chi connectivity index (χ0v) is 16.5. The summed E-state index contributed by atoms with van der Waals surface area (Å²) in [4.78, 5) is 4.99. The number of hydrogen-bond donors (Lipinski definition) is 2. The molecule has 0 bridgehead atoms. The van der Waals surface area contributed by atoms with Gasteiger partial charge in [-0.15, -0.1) is 0 Å². The Balaban J connectivity index is 1.76. The molecule has 3 aromatic carbocycles. The summed E-state index contributed by atoms with van der Waals surface area (Å²) in [6.45, 7) is 0. The number of para-hydroxylation sites is 1. The van der Waals surface area contributed by atoms with Crippen molar-refractivity contribution in [2.45, 2.75) is 18.6 Å². The second-order valence-electron chi connectivity index (χ2n) is 6.94. The number of ether oxygens (including phenoxy) is 2. The van der Waals surface area contributed by atoms with E-state index in [2.05, 4.69) is 17.4 Å². The molecule has 0 fully saturated rings. The van der Waals surface area contributed by atoms with Crippen molar-refractivity contribution >= 4 is 5.71 Å². The maximum Gasteiger partial charge on any atom is 0.161 e. The number of rotatable bonds is 5. The molecule has 0 amide bonds. The number of aromatic hydroxyl groups is 1. The first-order valence-corrected chi connectivity index (χ1v) is 9.57. The van der Waals surface area contributed by atoms with Gasteiger partial charge in [-0.05, 0) is 35.4 Å². The smallest absolute Gasteiger partial charge is 0.161 e. The van der Waals surface area contributed by atoms with Crippen LogP contribution >= 0.6 is 0 Å². The minimum absolute atomic E-state index is 0.0676. The summed E-state index contributed by atoms with van der Waals surface area (Å²) in [7, 11) is 3.25. The monoisotopic (exact) mass is 388 g/mol. The summed E-state index contributed by atoms with van der Waals surface area (Å²) in [5.41, 5.74) is 3.87. The molecule has 0 saturated carbocycles. The summed E-state index contributed by atoms with van der Waals surface area (Å²) in [6, 6.07) is 23.3. The highest BCUT2D eigenvalue weighted by molar-refractivity contribution is 6.02. The second kappa shape index (κ2) is 8.37. The van der Waals surface area contributed by atoms with E-state index in [1.807, 2.05) is 54.6 Å². The van der Waals surface area contributed by atoms with Gasteiger partial charge in [0, 0.05) is 23.7 Å². The van der Waals surface area contributed by atoms with Crippen molar-refractivity contribution in [2.75, 3.05) is 14.2 Å². The van der Waals surface area contributed by atoms with Crippen LogP contribution in [-0.4, -0.2) is 25.0 Å². The quantitative estimate of drug-likeness (QED) is 0.669. The fourth-order valence-corrected chi connectivity index (χ4v) is 3.68. The Kier molecular flexibility index (Phi) is 5.49. The third-order valence-electron chi connectivity index (χ3n) is 5.19. The average molecular weight is 388 g/mol. The second-order valence-corrected chi connectivity index (χ2v) is 6.94. The molecule has 0 radical (unpaired) electrons. The molecule has 0 saturated heterocycles. The molecule has 3 aromatic rings. The molecule has 2 atom stereocenters. The lowest BCUT2D eigenvalue weighted by molar-refractivity contribution is 0.355. The first-order chi connectivity index (χ1) is 14.2. The van der Waals surface area contributed by atoms with Crippen molar-refractivity contribution in [3.05, 3.63) is 89.5 Å². The van der Waals surface area contributed by atoms with Crippen LogP contribution in [-0.2, 0) is 0 Å². The van der Waals surface area contributed by atoms with E-state index in [4.69, 9.17) is 14.5 Å². The molecule has 0 aliphatic carbocycles. The van der Waals surface area contributed by atoms with Gasteiger partial charge in [0.05, 0.1) is 14.2 Å². The van der Waals surface area contributed by atoms with Crippen LogP contribution in [0.2, 0.25) is 0 Å².